The van der Waals surface area contributed by atoms with Crippen LogP contribution in [-0.4, -0.2) is 24.8 Å². The van der Waals surface area contributed by atoms with Gasteiger partial charge >= 0.3 is 12.3 Å². The fourth-order valence-electron chi connectivity index (χ4n) is 0.665. The molecule has 5 heteroatoms. The Morgan fingerprint density at radius 3 is 2.33 bits per heavy atom. The zero-order valence-electron chi connectivity index (χ0n) is 11.9. The van der Waals surface area contributed by atoms with Crippen molar-refractivity contribution in [2.24, 2.45) is 0 Å². The maximum absolute atomic E-state index is 11.4. The highest BCUT2D eigenvalue weighted by Crippen LogP contribution is 2.18. The SMILES string of the molecule is C=C(C)C(=O)O[C](COCC)OOC(C)(C)CC. The van der Waals surface area contributed by atoms with Crippen LogP contribution in [0.2, 0.25) is 0 Å². The van der Waals surface area contributed by atoms with Crippen LogP contribution in [0.25, 0.3) is 0 Å². The summed E-state index contributed by atoms with van der Waals surface area (Å²) in [6, 6.07) is 0. The lowest BCUT2D eigenvalue weighted by Gasteiger charge is -2.24. The van der Waals surface area contributed by atoms with Gasteiger partial charge in [-0.25, -0.2) is 9.68 Å². The van der Waals surface area contributed by atoms with Gasteiger partial charge < -0.3 is 9.47 Å². The lowest BCUT2D eigenvalue weighted by atomic mass is 10.1. The van der Waals surface area contributed by atoms with Gasteiger partial charge in [-0.1, -0.05) is 13.5 Å². The fourth-order valence-corrected chi connectivity index (χ4v) is 0.665. The molecule has 0 fully saturated rings. The molecular weight excluding hydrogens is 236 g/mol. The van der Waals surface area contributed by atoms with Crippen molar-refractivity contribution in [3.63, 3.8) is 0 Å². The maximum atomic E-state index is 11.4. The Labute approximate surface area is 109 Å². The van der Waals surface area contributed by atoms with E-state index in [0.29, 0.717) is 6.61 Å². The molecule has 0 heterocycles. The van der Waals surface area contributed by atoms with Crippen LogP contribution in [0.1, 0.15) is 41.0 Å². The van der Waals surface area contributed by atoms with Gasteiger partial charge in [0, 0.05) is 12.2 Å². The molecule has 0 spiro atoms. The first-order valence-electron chi connectivity index (χ1n) is 5.99. The normalized spacial score (nSPS) is 11.7. The van der Waals surface area contributed by atoms with Crippen molar-refractivity contribution in [3.8, 4) is 0 Å². The van der Waals surface area contributed by atoms with Crippen molar-refractivity contribution in [3.05, 3.63) is 18.4 Å². The monoisotopic (exact) mass is 259 g/mol. The molecule has 0 aromatic heterocycles. The van der Waals surface area contributed by atoms with Crippen molar-refractivity contribution in [2.75, 3.05) is 13.2 Å². The molecule has 0 rings (SSSR count). The molecule has 0 bridgehead atoms. The molecule has 0 aromatic carbocycles. The van der Waals surface area contributed by atoms with E-state index in [-0.39, 0.29) is 18.5 Å². The Balaban J connectivity index is 4.31. The minimum absolute atomic E-state index is 0.0219. The number of hydrogen-bond donors (Lipinski definition) is 0. The van der Waals surface area contributed by atoms with Crippen LogP contribution in [0.3, 0.4) is 0 Å². The van der Waals surface area contributed by atoms with Crippen LogP contribution in [0.5, 0.6) is 0 Å². The number of carbonyl (C=O) groups is 1. The first-order valence-corrected chi connectivity index (χ1v) is 5.99. The van der Waals surface area contributed by atoms with Gasteiger partial charge in [0.1, 0.15) is 6.61 Å². The van der Waals surface area contributed by atoms with E-state index in [1.807, 2.05) is 27.7 Å². The number of hydrogen-bond acceptors (Lipinski definition) is 5. The minimum atomic E-state index is -0.567. The second-order valence-electron chi connectivity index (χ2n) is 4.46. The summed E-state index contributed by atoms with van der Waals surface area (Å²) in [5.74, 6) is -0.567. The fraction of sp³-hybridized carbons (Fsp3) is 0.692. The van der Waals surface area contributed by atoms with Gasteiger partial charge in [0.05, 0.1) is 5.60 Å². The quantitative estimate of drug-likeness (QED) is 0.276. The first-order chi connectivity index (χ1) is 8.32. The Morgan fingerprint density at radius 2 is 1.89 bits per heavy atom. The van der Waals surface area contributed by atoms with Crippen LogP contribution in [0.15, 0.2) is 12.2 Å². The Kier molecular flexibility index (Phi) is 7.82. The first kappa shape index (κ1) is 17.1. The van der Waals surface area contributed by atoms with Gasteiger partial charge in [0.25, 0.3) is 0 Å². The topological polar surface area (TPSA) is 54.0 Å². The smallest absolute Gasteiger partial charge is 0.336 e. The highest BCUT2D eigenvalue weighted by molar-refractivity contribution is 5.87. The number of rotatable bonds is 9. The second-order valence-corrected chi connectivity index (χ2v) is 4.46. The summed E-state index contributed by atoms with van der Waals surface area (Å²) in [4.78, 5) is 21.6. The van der Waals surface area contributed by atoms with Gasteiger partial charge in [0.2, 0.25) is 0 Å². The molecule has 105 valence electrons. The lowest BCUT2D eigenvalue weighted by molar-refractivity contribution is -0.376. The summed E-state index contributed by atoms with van der Waals surface area (Å²) >= 11 is 0. The van der Waals surface area contributed by atoms with Crippen LogP contribution >= 0.6 is 0 Å². The molecule has 0 N–H and O–H groups in total. The summed E-state index contributed by atoms with van der Waals surface area (Å²) in [7, 11) is 0. The predicted octanol–water partition coefficient (Wildman–Crippen LogP) is 2.77. The summed E-state index contributed by atoms with van der Waals surface area (Å²) < 4.78 is 10.1. The lowest BCUT2D eigenvalue weighted by Crippen LogP contribution is -2.28. The van der Waals surface area contributed by atoms with Gasteiger partial charge in [-0.3, -0.25) is 0 Å². The van der Waals surface area contributed by atoms with Crippen molar-refractivity contribution < 1.29 is 24.0 Å². The highest BCUT2D eigenvalue weighted by atomic mass is 17.2. The summed E-state index contributed by atoms with van der Waals surface area (Å²) in [5.41, 5.74) is -0.185. The average molecular weight is 259 g/mol. The molecule has 0 atom stereocenters. The molecular formula is C13H23O5. The van der Waals surface area contributed by atoms with Gasteiger partial charge in [-0.15, -0.1) is 0 Å². The van der Waals surface area contributed by atoms with E-state index in [0.717, 1.165) is 6.42 Å². The van der Waals surface area contributed by atoms with E-state index in [1.165, 1.54) is 0 Å². The Morgan fingerprint density at radius 1 is 1.28 bits per heavy atom. The zero-order chi connectivity index (χ0) is 14.2. The van der Waals surface area contributed by atoms with Gasteiger partial charge in [-0.05, 0) is 34.1 Å². The zero-order valence-corrected chi connectivity index (χ0v) is 11.9. The highest BCUT2D eigenvalue weighted by Gasteiger charge is 2.24. The molecule has 0 aromatic rings. The number of esters is 1. The number of ether oxygens (including phenoxy) is 2. The molecule has 0 unspecified atom stereocenters. The van der Waals surface area contributed by atoms with E-state index in [1.54, 1.807) is 6.92 Å². The third-order valence-corrected chi connectivity index (χ3v) is 2.19. The second kappa shape index (κ2) is 8.24. The van der Waals surface area contributed by atoms with E-state index in [2.05, 4.69) is 6.58 Å². The van der Waals surface area contributed by atoms with Crippen molar-refractivity contribution in [1.82, 2.24) is 0 Å². The molecule has 18 heavy (non-hydrogen) atoms. The van der Waals surface area contributed by atoms with Crippen molar-refractivity contribution in [2.45, 2.75) is 46.6 Å². The van der Waals surface area contributed by atoms with Crippen LogP contribution < -0.4 is 0 Å². The van der Waals surface area contributed by atoms with Crippen molar-refractivity contribution >= 4 is 5.97 Å². The summed E-state index contributed by atoms with van der Waals surface area (Å²) in [6.45, 7) is 13.1. The molecule has 0 saturated carbocycles. The Hall–Kier alpha value is -0.910. The van der Waals surface area contributed by atoms with E-state index in [9.17, 15) is 4.79 Å². The molecule has 0 aliphatic heterocycles. The van der Waals surface area contributed by atoms with Crippen LogP contribution in [0, 0.1) is 6.29 Å². The predicted molar refractivity (Wildman–Crippen MR) is 67.2 cm³/mol. The van der Waals surface area contributed by atoms with E-state index in [4.69, 9.17) is 19.2 Å². The van der Waals surface area contributed by atoms with Gasteiger partial charge in [0.15, 0.2) is 0 Å². The summed E-state index contributed by atoms with van der Waals surface area (Å²) in [5, 5.41) is 0. The Bertz CT molecular complexity index is 273. The average Bonchev–Trinajstić information content (AvgIpc) is 2.32. The van der Waals surface area contributed by atoms with Crippen LogP contribution in [0.4, 0.5) is 0 Å². The molecule has 0 aliphatic rings. The van der Waals surface area contributed by atoms with Crippen molar-refractivity contribution in [1.29, 1.82) is 0 Å². The van der Waals surface area contributed by atoms with Crippen LogP contribution in [-0.2, 0) is 24.0 Å². The largest absolute Gasteiger partial charge is 0.417 e. The molecule has 0 aliphatic carbocycles. The van der Waals surface area contributed by atoms with Gasteiger partial charge in [-0.2, -0.15) is 4.89 Å². The maximum Gasteiger partial charge on any atom is 0.336 e. The molecule has 5 nitrogen and oxygen atoms in total. The molecule has 0 amide bonds. The summed E-state index contributed by atoms with van der Waals surface area (Å²) in [6.07, 6.45) is 0.731. The number of carbonyl (C=O) groups excluding carboxylic acids is 1. The third-order valence-electron chi connectivity index (χ3n) is 2.19. The minimum Gasteiger partial charge on any atom is -0.417 e. The molecule has 1 radical (unpaired) electrons. The molecule has 0 saturated heterocycles. The third kappa shape index (κ3) is 7.42. The standard InChI is InChI=1S/C13H23O5/c1-7-13(5,6)18-17-11(9-15-8-2)16-12(14)10(3)4/h3,7-9H2,1-2,4-6H3. The van der Waals surface area contributed by atoms with E-state index >= 15 is 0 Å². The van der Waals surface area contributed by atoms with E-state index < -0.39 is 11.6 Å².